The zero-order valence-electron chi connectivity index (χ0n) is 9.84. The molecule has 7 nitrogen and oxygen atoms in total. The number of aliphatic carboxylic acids is 1. The molecule has 3 N–H and O–H groups in total. The lowest BCUT2D eigenvalue weighted by Gasteiger charge is -2.08. The zero-order chi connectivity index (χ0) is 14.9. The number of carbonyl (C=O) groups is 2. The summed E-state index contributed by atoms with van der Waals surface area (Å²) in [4.78, 5) is 34.0. The molecule has 0 saturated carbocycles. The molecule has 0 aliphatic carbocycles. The monoisotopic (exact) mass is 341 g/mol. The third-order valence-electron chi connectivity index (χ3n) is 2.51. The first-order valence-electron chi connectivity index (χ1n) is 5.36. The van der Waals surface area contributed by atoms with Crippen molar-refractivity contribution in [3.8, 4) is 5.95 Å². The summed E-state index contributed by atoms with van der Waals surface area (Å²) in [5, 5.41) is 20.5. The van der Waals surface area contributed by atoms with Gasteiger partial charge in [0.05, 0.1) is 5.39 Å². The minimum atomic E-state index is -1.24. The van der Waals surface area contributed by atoms with Gasteiger partial charge in [0.15, 0.2) is 0 Å². The molecule has 1 aromatic carbocycles. The van der Waals surface area contributed by atoms with Crippen LogP contribution < -0.4 is 10.9 Å². The van der Waals surface area contributed by atoms with E-state index in [0.29, 0.717) is 4.47 Å². The van der Waals surface area contributed by atoms with Gasteiger partial charge in [0.2, 0.25) is 0 Å². The van der Waals surface area contributed by atoms with Gasteiger partial charge in [-0.3, -0.25) is 9.59 Å². The van der Waals surface area contributed by atoms with Crippen molar-refractivity contribution >= 4 is 38.6 Å². The van der Waals surface area contributed by atoms with E-state index in [1.807, 2.05) is 0 Å². The van der Waals surface area contributed by atoms with Crippen LogP contribution in [0.5, 0.6) is 5.95 Å². The SMILES string of the molecule is O=C(O)CNC(=O)c1c(O)oc(=O)c2cccc(Br)c12. The van der Waals surface area contributed by atoms with Gasteiger partial charge in [0.1, 0.15) is 12.1 Å². The van der Waals surface area contributed by atoms with Crippen LogP contribution in [-0.2, 0) is 4.79 Å². The van der Waals surface area contributed by atoms with E-state index in [9.17, 15) is 19.5 Å². The first-order chi connectivity index (χ1) is 9.41. The molecule has 0 bridgehead atoms. The normalized spacial score (nSPS) is 10.4. The predicted molar refractivity (Wildman–Crippen MR) is 71.8 cm³/mol. The molecular formula is C12H8BrNO6. The molecular weight excluding hydrogens is 334 g/mol. The highest BCUT2D eigenvalue weighted by atomic mass is 79.9. The van der Waals surface area contributed by atoms with Crippen LogP contribution in [-0.4, -0.2) is 28.6 Å². The van der Waals surface area contributed by atoms with E-state index in [1.165, 1.54) is 6.07 Å². The maximum Gasteiger partial charge on any atom is 0.346 e. The van der Waals surface area contributed by atoms with Crippen molar-refractivity contribution in [1.29, 1.82) is 0 Å². The fraction of sp³-hybridized carbons (Fsp3) is 0.0833. The number of carboxylic acids is 1. The van der Waals surface area contributed by atoms with Gasteiger partial charge in [-0.2, -0.15) is 0 Å². The number of nitrogens with one attached hydrogen (secondary N) is 1. The van der Waals surface area contributed by atoms with E-state index in [-0.39, 0.29) is 16.3 Å². The molecule has 0 unspecified atom stereocenters. The molecule has 1 amide bonds. The van der Waals surface area contributed by atoms with Gasteiger partial charge in [0, 0.05) is 9.86 Å². The second-order valence-electron chi connectivity index (χ2n) is 3.81. The number of carboxylic acid groups (broad SMARTS) is 1. The third-order valence-corrected chi connectivity index (χ3v) is 3.17. The van der Waals surface area contributed by atoms with Crippen LogP contribution in [0.4, 0.5) is 0 Å². The van der Waals surface area contributed by atoms with Crippen molar-refractivity contribution in [3.05, 3.63) is 38.7 Å². The smallest absolute Gasteiger partial charge is 0.346 e. The lowest BCUT2D eigenvalue weighted by Crippen LogP contribution is -2.29. The Morgan fingerprint density at radius 1 is 1.35 bits per heavy atom. The second kappa shape index (κ2) is 5.33. The molecule has 0 aliphatic heterocycles. The number of halogens is 1. The zero-order valence-corrected chi connectivity index (χ0v) is 11.4. The predicted octanol–water partition coefficient (Wildman–Crippen LogP) is 1.08. The van der Waals surface area contributed by atoms with Crippen molar-refractivity contribution in [2.45, 2.75) is 0 Å². The second-order valence-corrected chi connectivity index (χ2v) is 4.66. The lowest BCUT2D eigenvalue weighted by atomic mass is 10.1. The summed E-state index contributed by atoms with van der Waals surface area (Å²) >= 11 is 3.18. The topological polar surface area (TPSA) is 117 Å². The first-order valence-corrected chi connectivity index (χ1v) is 6.15. The fourth-order valence-corrected chi connectivity index (χ4v) is 2.27. The third kappa shape index (κ3) is 2.50. The Kier molecular flexibility index (Phi) is 3.75. The van der Waals surface area contributed by atoms with Gasteiger partial charge >= 0.3 is 11.6 Å². The van der Waals surface area contributed by atoms with Crippen molar-refractivity contribution in [3.63, 3.8) is 0 Å². The lowest BCUT2D eigenvalue weighted by molar-refractivity contribution is -0.135. The highest BCUT2D eigenvalue weighted by Crippen LogP contribution is 2.30. The Bertz CT molecular complexity index is 766. The number of benzene rings is 1. The van der Waals surface area contributed by atoms with Crippen LogP contribution >= 0.6 is 15.9 Å². The molecule has 1 heterocycles. The van der Waals surface area contributed by atoms with Crippen LogP contribution in [0, 0.1) is 0 Å². The van der Waals surface area contributed by atoms with Crippen molar-refractivity contribution in [2.75, 3.05) is 6.54 Å². The van der Waals surface area contributed by atoms with Crippen LogP contribution in [0.25, 0.3) is 10.8 Å². The summed E-state index contributed by atoms with van der Waals surface area (Å²) in [5.74, 6) is -2.96. The Labute approximate surface area is 120 Å². The van der Waals surface area contributed by atoms with Gasteiger partial charge in [-0.25, -0.2) is 4.79 Å². The number of fused-ring (bicyclic) bond motifs is 1. The Hall–Kier alpha value is -2.35. The molecule has 8 heteroatoms. The van der Waals surface area contributed by atoms with Gasteiger partial charge in [-0.05, 0) is 12.1 Å². The molecule has 0 atom stereocenters. The maximum absolute atomic E-state index is 11.9. The molecule has 20 heavy (non-hydrogen) atoms. The summed E-state index contributed by atoms with van der Waals surface area (Å²) in [5.41, 5.74) is -1.10. The molecule has 0 radical (unpaired) electrons. The summed E-state index contributed by atoms with van der Waals surface area (Å²) < 4.78 is 4.98. The Morgan fingerprint density at radius 3 is 2.70 bits per heavy atom. The van der Waals surface area contributed by atoms with Gasteiger partial charge < -0.3 is 19.9 Å². The number of hydrogen-bond donors (Lipinski definition) is 3. The largest absolute Gasteiger partial charge is 0.480 e. The molecule has 0 aliphatic rings. The molecule has 2 rings (SSSR count). The number of amides is 1. The molecule has 1 aromatic heterocycles. The summed E-state index contributed by atoms with van der Waals surface area (Å²) in [6.45, 7) is -0.622. The fourth-order valence-electron chi connectivity index (χ4n) is 1.70. The number of aromatic hydroxyl groups is 1. The van der Waals surface area contributed by atoms with Crippen LogP contribution in [0.3, 0.4) is 0 Å². The van der Waals surface area contributed by atoms with E-state index >= 15 is 0 Å². The van der Waals surface area contributed by atoms with Gasteiger partial charge in [-0.1, -0.05) is 22.0 Å². The first kappa shape index (κ1) is 14.1. The number of carbonyl (C=O) groups excluding carboxylic acids is 1. The Balaban J connectivity index is 2.66. The van der Waals surface area contributed by atoms with Crippen LogP contribution in [0.1, 0.15) is 10.4 Å². The minimum Gasteiger partial charge on any atom is -0.480 e. The average molecular weight is 342 g/mol. The highest BCUT2D eigenvalue weighted by molar-refractivity contribution is 9.10. The number of rotatable bonds is 3. The van der Waals surface area contributed by atoms with Gasteiger partial charge in [-0.15, -0.1) is 0 Å². The van der Waals surface area contributed by atoms with Crippen LogP contribution in [0.2, 0.25) is 0 Å². The molecule has 0 spiro atoms. The summed E-state index contributed by atoms with van der Waals surface area (Å²) in [6.07, 6.45) is 0. The number of hydrogen-bond acceptors (Lipinski definition) is 5. The molecule has 104 valence electrons. The summed E-state index contributed by atoms with van der Waals surface area (Å²) in [6, 6.07) is 4.58. The minimum absolute atomic E-state index is 0.0950. The Morgan fingerprint density at radius 2 is 2.05 bits per heavy atom. The van der Waals surface area contributed by atoms with E-state index < -0.39 is 30.0 Å². The van der Waals surface area contributed by atoms with E-state index in [2.05, 4.69) is 25.7 Å². The molecule has 0 fully saturated rings. The molecule has 2 aromatic rings. The highest BCUT2D eigenvalue weighted by Gasteiger charge is 2.22. The van der Waals surface area contributed by atoms with Gasteiger partial charge in [0.25, 0.3) is 11.9 Å². The van der Waals surface area contributed by atoms with Crippen LogP contribution in [0.15, 0.2) is 31.9 Å². The summed E-state index contributed by atoms with van der Waals surface area (Å²) in [7, 11) is 0. The standard InChI is InChI=1S/C12H8BrNO6/c13-6-3-1-2-5-8(6)9(12(19)20-11(5)18)10(17)14-4-7(15)16/h1-3,19H,4H2,(H,14,17)(H,15,16). The molecule has 0 saturated heterocycles. The average Bonchev–Trinajstić information content (AvgIpc) is 2.37. The van der Waals surface area contributed by atoms with E-state index in [1.54, 1.807) is 12.1 Å². The van der Waals surface area contributed by atoms with E-state index in [4.69, 9.17) is 5.11 Å². The van der Waals surface area contributed by atoms with Crippen molar-refractivity contribution in [1.82, 2.24) is 5.32 Å². The van der Waals surface area contributed by atoms with Crippen molar-refractivity contribution in [2.24, 2.45) is 0 Å². The van der Waals surface area contributed by atoms with Crippen molar-refractivity contribution < 1.29 is 24.2 Å². The quantitative estimate of drug-likeness (QED) is 0.768. The maximum atomic E-state index is 11.9. The van der Waals surface area contributed by atoms with E-state index in [0.717, 1.165) is 0 Å².